The first kappa shape index (κ1) is 9.03. The Morgan fingerprint density at radius 2 is 2.25 bits per heavy atom. The van der Waals surface area contributed by atoms with Gasteiger partial charge in [0.1, 0.15) is 5.82 Å². The summed E-state index contributed by atoms with van der Waals surface area (Å²) in [5.41, 5.74) is 3.39. The molecule has 0 spiro atoms. The fourth-order valence-electron chi connectivity index (χ4n) is 1.93. The lowest BCUT2D eigenvalue weighted by atomic mass is 10.1. The van der Waals surface area contributed by atoms with E-state index < -0.39 is 0 Å². The van der Waals surface area contributed by atoms with Crippen LogP contribution in [0.1, 0.15) is 0 Å². The molecule has 0 aliphatic rings. The molecule has 2 aromatic heterocycles. The van der Waals surface area contributed by atoms with Crippen molar-refractivity contribution in [2.24, 2.45) is 0 Å². The van der Waals surface area contributed by atoms with E-state index in [4.69, 9.17) is 0 Å². The van der Waals surface area contributed by atoms with Gasteiger partial charge in [0.05, 0.1) is 11.7 Å². The number of aromatic nitrogens is 3. The van der Waals surface area contributed by atoms with Crippen molar-refractivity contribution < 1.29 is 0 Å². The number of aromatic amines is 2. The van der Waals surface area contributed by atoms with E-state index in [-0.39, 0.29) is 0 Å². The molecule has 0 saturated heterocycles. The Morgan fingerprint density at radius 3 is 3.00 bits per heavy atom. The first-order valence-electron chi connectivity index (χ1n) is 5.17. The second-order valence-electron chi connectivity index (χ2n) is 3.69. The van der Waals surface area contributed by atoms with Crippen LogP contribution in [0.2, 0.25) is 0 Å². The fraction of sp³-hybridized carbons (Fsp3) is 0.0833. The van der Waals surface area contributed by atoms with E-state index in [0.717, 1.165) is 22.5 Å². The summed E-state index contributed by atoms with van der Waals surface area (Å²) in [7, 11) is 1.90. The average Bonchev–Trinajstić information content (AvgIpc) is 2.97. The van der Waals surface area contributed by atoms with Crippen LogP contribution < -0.4 is 5.32 Å². The van der Waals surface area contributed by atoms with Crippen LogP contribution in [0.25, 0.3) is 22.0 Å². The number of benzene rings is 1. The number of nitrogens with one attached hydrogen (secondary N) is 3. The minimum Gasteiger partial charge on any atom is -0.375 e. The minimum atomic E-state index is 1.02. The molecule has 0 amide bonds. The largest absolute Gasteiger partial charge is 0.375 e. The summed E-state index contributed by atoms with van der Waals surface area (Å²) in [5.74, 6) is 1.02. The van der Waals surface area contributed by atoms with Crippen molar-refractivity contribution in [2.45, 2.75) is 0 Å². The van der Waals surface area contributed by atoms with Crippen molar-refractivity contribution >= 4 is 16.7 Å². The number of rotatable bonds is 2. The number of anilines is 1. The third-order valence-electron chi connectivity index (χ3n) is 2.73. The topological polar surface area (TPSA) is 56.5 Å². The van der Waals surface area contributed by atoms with Crippen LogP contribution in [0.4, 0.5) is 5.82 Å². The van der Waals surface area contributed by atoms with Gasteiger partial charge in [0.15, 0.2) is 0 Å². The molecule has 0 aliphatic heterocycles. The molecule has 0 aliphatic carbocycles. The highest BCUT2D eigenvalue weighted by Crippen LogP contribution is 2.29. The van der Waals surface area contributed by atoms with Gasteiger partial charge in [0, 0.05) is 29.8 Å². The Hall–Kier alpha value is -2.23. The molecule has 0 atom stereocenters. The molecular weight excluding hydrogens is 200 g/mol. The van der Waals surface area contributed by atoms with Crippen molar-refractivity contribution in [3.63, 3.8) is 0 Å². The highest BCUT2D eigenvalue weighted by molar-refractivity contribution is 5.96. The standard InChI is InChI=1S/C12H12N4/c1-13-11-5-8-3-2-4-10(12(8)16-11)9-6-14-15-7-9/h2-7,13,16H,1H3,(H,14,15). The third kappa shape index (κ3) is 1.27. The SMILES string of the molecule is CNc1cc2cccc(-c3cn[nH]c3)c2[nH]1. The Bertz CT molecular complexity index is 607. The second-order valence-corrected chi connectivity index (χ2v) is 3.69. The summed E-state index contributed by atoms with van der Waals surface area (Å²) >= 11 is 0. The molecule has 1 aromatic carbocycles. The van der Waals surface area contributed by atoms with Crippen molar-refractivity contribution in [1.29, 1.82) is 0 Å². The average molecular weight is 212 g/mol. The number of fused-ring (bicyclic) bond motifs is 1. The zero-order valence-corrected chi connectivity index (χ0v) is 8.91. The molecule has 0 fully saturated rings. The molecule has 16 heavy (non-hydrogen) atoms. The van der Waals surface area contributed by atoms with Crippen LogP contribution in [0.3, 0.4) is 0 Å². The molecule has 0 unspecified atom stereocenters. The highest BCUT2D eigenvalue weighted by atomic mass is 15.1. The number of H-pyrrole nitrogens is 2. The zero-order valence-electron chi connectivity index (χ0n) is 8.91. The lowest BCUT2D eigenvalue weighted by Gasteiger charge is -1.99. The van der Waals surface area contributed by atoms with Gasteiger partial charge < -0.3 is 10.3 Å². The molecule has 4 heteroatoms. The maximum atomic E-state index is 3.98. The van der Waals surface area contributed by atoms with E-state index in [9.17, 15) is 0 Å². The van der Waals surface area contributed by atoms with E-state index in [0.29, 0.717) is 0 Å². The normalized spacial score (nSPS) is 10.8. The predicted octanol–water partition coefficient (Wildman–Crippen LogP) is 2.60. The van der Waals surface area contributed by atoms with Crippen LogP contribution in [-0.2, 0) is 0 Å². The second kappa shape index (κ2) is 3.41. The maximum Gasteiger partial charge on any atom is 0.104 e. The molecule has 3 N–H and O–H groups in total. The molecule has 4 nitrogen and oxygen atoms in total. The number of nitrogens with zero attached hydrogens (tertiary/aromatic N) is 1. The summed E-state index contributed by atoms with van der Waals surface area (Å²) in [6, 6.07) is 8.33. The van der Waals surface area contributed by atoms with Crippen molar-refractivity contribution in [3.8, 4) is 11.1 Å². The van der Waals surface area contributed by atoms with Crippen LogP contribution in [0, 0.1) is 0 Å². The van der Waals surface area contributed by atoms with E-state index in [1.54, 1.807) is 0 Å². The van der Waals surface area contributed by atoms with Gasteiger partial charge in [-0.3, -0.25) is 5.10 Å². The summed E-state index contributed by atoms with van der Waals surface area (Å²) in [6.45, 7) is 0. The van der Waals surface area contributed by atoms with Gasteiger partial charge in [0.25, 0.3) is 0 Å². The van der Waals surface area contributed by atoms with Crippen LogP contribution >= 0.6 is 0 Å². The summed E-state index contributed by atoms with van der Waals surface area (Å²) < 4.78 is 0. The van der Waals surface area contributed by atoms with Crippen LogP contribution in [0.15, 0.2) is 36.7 Å². The molecule has 0 bridgehead atoms. The smallest absolute Gasteiger partial charge is 0.104 e. The molecule has 3 rings (SSSR count). The molecule has 80 valence electrons. The molecular formula is C12H12N4. The summed E-state index contributed by atoms with van der Waals surface area (Å²) in [6.07, 6.45) is 3.73. The Morgan fingerprint density at radius 1 is 1.31 bits per heavy atom. The first-order valence-corrected chi connectivity index (χ1v) is 5.17. The molecule has 0 radical (unpaired) electrons. The molecule has 0 saturated carbocycles. The van der Waals surface area contributed by atoms with E-state index in [1.165, 1.54) is 5.39 Å². The summed E-state index contributed by atoms with van der Waals surface area (Å²) in [5, 5.41) is 11.1. The van der Waals surface area contributed by atoms with E-state index >= 15 is 0 Å². The minimum absolute atomic E-state index is 1.02. The number of hydrogen-bond acceptors (Lipinski definition) is 2. The van der Waals surface area contributed by atoms with Crippen molar-refractivity contribution in [2.75, 3.05) is 12.4 Å². The van der Waals surface area contributed by atoms with Gasteiger partial charge in [-0.1, -0.05) is 18.2 Å². The maximum absolute atomic E-state index is 3.98. The van der Waals surface area contributed by atoms with Crippen LogP contribution in [-0.4, -0.2) is 22.2 Å². The Labute approximate surface area is 92.7 Å². The van der Waals surface area contributed by atoms with Gasteiger partial charge in [0.2, 0.25) is 0 Å². The number of para-hydroxylation sites is 1. The van der Waals surface area contributed by atoms with Gasteiger partial charge in [-0.2, -0.15) is 5.10 Å². The van der Waals surface area contributed by atoms with Gasteiger partial charge >= 0.3 is 0 Å². The Kier molecular flexibility index (Phi) is 1.93. The zero-order chi connectivity index (χ0) is 11.0. The van der Waals surface area contributed by atoms with Gasteiger partial charge in [-0.25, -0.2) is 0 Å². The monoisotopic (exact) mass is 212 g/mol. The summed E-state index contributed by atoms with van der Waals surface area (Å²) in [4.78, 5) is 3.35. The van der Waals surface area contributed by atoms with Crippen molar-refractivity contribution in [1.82, 2.24) is 15.2 Å². The van der Waals surface area contributed by atoms with E-state index in [2.05, 4.69) is 44.8 Å². The van der Waals surface area contributed by atoms with Gasteiger partial charge in [-0.15, -0.1) is 0 Å². The highest BCUT2D eigenvalue weighted by Gasteiger charge is 2.06. The van der Waals surface area contributed by atoms with Gasteiger partial charge in [-0.05, 0) is 6.07 Å². The van der Waals surface area contributed by atoms with E-state index in [1.807, 2.05) is 19.4 Å². The Balaban J connectivity index is 2.28. The molecule has 2 heterocycles. The van der Waals surface area contributed by atoms with Crippen molar-refractivity contribution in [3.05, 3.63) is 36.7 Å². The lowest BCUT2D eigenvalue weighted by Crippen LogP contribution is -1.86. The quantitative estimate of drug-likeness (QED) is 0.611. The predicted molar refractivity (Wildman–Crippen MR) is 65.4 cm³/mol. The molecule has 3 aromatic rings. The third-order valence-corrected chi connectivity index (χ3v) is 2.73. The fourth-order valence-corrected chi connectivity index (χ4v) is 1.93. The first-order chi connectivity index (χ1) is 7.88. The lowest BCUT2D eigenvalue weighted by molar-refractivity contribution is 1.09. The van der Waals surface area contributed by atoms with Crippen LogP contribution in [0.5, 0.6) is 0 Å². The number of hydrogen-bond donors (Lipinski definition) is 3.